The lowest BCUT2D eigenvalue weighted by atomic mass is 9.50. The highest BCUT2D eigenvalue weighted by Crippen LogP contribution is 2.68. The fourth-order valence-corrected chi connectivity index (χ4v) is 5.61. The van der Waals surface area contributed by atoms with Crippen molar-refractivity contribution in [3.05, 3.63) is 35.4 Å². The molecular formula is C18H21NO2. The van der Waals surface area contributed by atoms with Crippen molar-refractivity contribution >= 4 is 0 Å². The summed E-state index contributed by atoms with van der Waals surface area (Å²) in [4.78, 5) is 2.54. The molecule has 4 aliphatic rings. The highest BCUT2D eigenvalue weighted by atomic mass is 16.5. The van der Waals surface area contributed by atoms with Gasteiger partial charge in [0.1, 0.15) is 6.10 Å². The predicted molar refractivity (Wildman–Crippen MR) is 81.1 cm³/mol. The first-order valence-electron chi connectivity index (χ1n) is 7.88. The molecule has 3 heteroatoms. The Bertz CT molecular complexity index is 682. The summed E-state index contributed by atoms with van der Waals surface area (Å²) in [5.41, 5.74) is 3.21. The lowest BCUT2D eigenvalue weighted by molar-refractivity contribution is -0.0246. The van der Waals surface area contributed by atoms with Crippen LogP contribution in [0.4, 0.5) is 0 Å². The second kappa shape index (κ2) is 3.46. The molecule has 2 aliphatic heterocycles. The molecule has 1 aromatic rings. The Hall–Kier alpha value is -1.48. The Morgan fingerprint density at radius 3 is 3.05 bits per heavy atom. The average molecular weight is 283 g/mol. The Morgan fingerprint density at radius 1 is 1.38 bits per heavy atom. The lowest BCUT2D eigenvalue weighted by Gasteiger charge is -2.58. The third kappa shape index (κ3) is 1.08. The van der Waals surface area contributed by atoms with Gasteiger partial charge in [-0.25, -0.2) is 0 Å². The van der Waals surface area contributed by atoms with Crippen LogP contribution < -0.4 is 9.47 Å². The number of benzene rings is 1. The van der Waals surface area contributed by atoms with Crippen LogP contribution in [0.5, 0.6) is 11.5 Å². The quantitative estimate of drug-likeness (QED) is 0.739. The van der Waals surface area contributed by atoms with E-state index < -0.39 is 0 Å². The molecule has 5 rings (SSSR count). The minimum absolute atomic E-state index is 0.127. The summed E-state index contributed by atoms with van der Waals surface area (Å²) in [5, 5.41) is 0. The summed E-state index contributed by atoms with van der Waals surface area (Å²) in [5.74, 6) is 1.91. The summed E-state index contributed by atoms with van der Waals surface area (Å²) in [6, 6.07) is 4.91. The molecule has 2 aliphatic carbocycles. The summed E-state index contributed by atoms with van der Waals surface area (Å²) in [6.07, 6.45) is 7.21. The third-order valence-electron chi connectivity index (χ3n) is 6.68. The fraction of sp³-hybridized carbons (Fsp3) is 0.556. The maximum Gasteiger partial charge on any atom is 0.166 e. The highest BCUT2D eigenvalue weighted by molar-refractivity contribution is 5.64. The second-order valence-electron chi connectivity index (χ2n) is 7.23. The molecule has 1 saturated heterocycles. The van der Waals surface area contributed by atoms with Crippen molar-refractivity contribution in [2.75, 3.05) is 20.7 Å². The largest absolute Gasteiger partial charge is 0.493 e. The van der Waals surface area contributed by atoms with Crippen molar-refractivity contribution in [1.29, 1.82) is 0 Å². The smallest absolute Gasteiger partial charge is 0.166 e. The average Bonchev–Trinajstić information content (AvgIpc) is 2.96. The molecule has 21 heavy (non-hydrogen) atoms. The van der Waals surface area contributed by atoms with Gasteiger partial charge in [0.15, 0.2) is 11.5 Å². The van der Waals surface area contributed by atoms with Crippen molar-refractivity contribution in [2.24, 2.45) is 5.41 Å². The first kappa shape index (κ1) is 12.1. The molecule has 1 spiro atoms. The van der Waals surface area contributed by atoms with Crippen LogP contribution in [0.1, 0.15) is 24.5 Å². The van der Waals surface area contributed by atoms with Crippen LogP contribution in [0, 0.1) is 5.41 Å². The number of piperidine rings is 1. The number of hydrogen-bond donors (Lipinski definition) is 0. The van der Waals surface area contributed by atoms with Gasteiger partial charge in [-0.2, -0.15) is 0 Å². The molecule has 0 saturated carbocycles. The van der Waals surface area contributed by atoms with Gasteiger partial charge in [0.2, 0.25) is 0 Å². The van der Waals surface area contributed by atoms with Crippen LogP contribution in [0.3, 0.4) is 0 Å². The third-order valence-corrected chi connectivity index (χ3v) is 6.68. The van der Waals surface area contributed by atoms with Crippen LogP contribution in [0.15, 0.2) is 24.3 Å². The van der Waals surface area contributed by atoms with Gasteiger partial charge >= 0.3 is 0 Å². The van der Waals surface area contributed by atoms with E-state index in [-0.39, 0.29) is 16.9 Å². The zero-order valence-electron chi connectivity index (χ0n) is 12.8. The Kier molecular flexibility index (Phi) is 2.00. The van der Waals surface area contributed by atoms with E-state index in [1.807, 2.05) is 0 Å². The summed E-state index contributed by atoms with van der Waals surface area (Å²) in [7, 11) is 4.01. The predicted octanol–water partition coefficient (Wildman–Crippen LogP) is 2.53. The zero-order chi connectivity index (χ0) is 14.4. The van der Waals surface area contributed by atoms with E-state index in [4.69, 9.17) is 9.47 Å². The van der Waals surface area contributed by atoms with E-state index in [2.05, 4.69) is 43.2 Å². The number of ether oxygens (including phenoxy) is 2. The van der Waals surface area contributed by atoms with Crippen LogP contribution in [-0.2, 0) is 11.8 Å². The number of nitrogens with zero attached hydrogens (tertiary/aromatic N) is 1. The maximum atomic E-state index is 6.39. The standard InChI is InChI=1S/C18H21NO2/c1-17-7-6-14-18(17)8-9-19(2)13(17)10-11-4-5-12(20-3)16(21-14)15(11)18/h4-7,13-14H,8-10H2,1-3H3/t13-,14-,17-,18+/m0/s1. The molecule has 2 bridgehead atoms. The molecule has 0 aromatic heterocycles. The summed E-state index contributed by atoms with van der Waals surface area (Å²) >= 11 is 0. The Morgan fingerprint density at radius 2 is 2.24 bits per heavy atom. The van der Waals surface area contributed by atoms with Crippen molar-refractivity contribution in [1.82, 2.24) is 4.90 Å². The first-order valence-corrected chi connectivity index (χ1v) is 7.88. The molecule has 4 atom stereocenters. The Balaban J connectivity index is 1.86. The van der Waals surface area contributed by atoms with E-state index in [1.54, 1.807) is 7.11 Å². The molecule has 1 aromatic carbocycles. The van der Waals surface area contributed by atoms with E-state index in [0.717, 1.165) is 24.5 Å². The molecular weight excluding hydrogens is 262 g/mol. The molecule has 1 fully saturated rings. The number of likely N-dealkylation sites (N-methyl/N-ethyl adjacent to an activating group) is 1. The van der Waals surface area contributed by atoms with Gasteiger partial charge < -0.3 is 14.4 Å². The van der Waals surface area contributed by atoms with Gasteiger partial charge in [-0.3, -0.25) is 0 Å². The fourth-order valence-electron chi connectivity index (χ4n) is 5.61. The monoisotopic (exact) mass is 283 g/mol. The van der Waals surface area contributed by atoms with Crippen LogP contribution in [0.2, 0.25) is 0 Å². The van der Waals surface area contributed by atoms with Crippen LogP contribution in [-0.4, -0.2) is 37.7 Å². The first-order chi connectivity index (χ1) is 10.1. The highest BCUT2D eigenvalue weighted by Gasteiger charge is 2.68. The zero-order valence-corrected chi connectivity index (χ0v) is 12.8. The van der Waals surface area contributed by atoms with Crippen molar-refractivity contribution in [3.8, 4) is 11.5 Å². The number of rotatable bonds is 1. The van der Waals surface area contributed by atoms with Crippen molar-refractivity contribution in [3.63, 3.8) is 0 Å². The number of hydrogen-bond acceptors (Lipinski definition) is 3. The molecule has 0 amide bonds. The van der Waals surface area contributed by atoms with E-state index in [1.165, 1.54) is 17.5 Å². The molecule has 3 nitrogen and oxygen atoms in total. The van der Waals surface area contributed by atoms with E-state index in [9.17, 15) is 0 Å². The minimum atomic E-state index is 0.127. The number of methoxy groups -OCH3 is 1. The topological polar surface area (TPSA) is 21.7 Å². The van der Waals surface area contributed by atoms with E-state index >= 15 is 0 Å². The second-order valence-corrected chi connectivity index (χ2v) is 7.23. The number of likely N-dealkylation sites (tertiary alicyclic amines) is 1. The molecule has 0 unspecified atom stereocenters. The molecule has 110 valence electrons. The van der Waals surface area contributed by atoms with Crippen LogP contribution in [0.25, 0.3) is 0 Å². The summed E-state index contributed by atoms with van der Waals surface area (Å²) in [6.45, 7) is 3.59. The summed E-state index contributed by atoms with van der Waals surface area (Å²) < 4.78 is 12.0. The molecule has 0 N–H and O–H groups in total. The molecule has 0 radical (unpaired) electrons. The van der Waals surface area contributed by atoms with Crippen molar-refractivity contribution in [2.45, 2.75) is 37.3 Å². The normalized spacial score (nSPS) is 41.9. The van der Waals surface area contributed by atoms with Gasteiger partial charge in [0.05, 0.1) is 12.5 Å². The lowest BCUT2D eigenvalue weighted by Crippen LogP contribution is -2.64. The maximum absolute atomic E-state index is 6.39. The minimum Gasteiger partial charge on any atom is -0.493 e. The van der Waals surface area contributed by atoms with Gasteiger partial charge in [-0.05, 0) is 44.1 Å². The SMILES string of the molecule is COc1ccc2c3c1O[C@H]1C=C[C@@]4(C)[C@H](C2)N(C)CC[C@]314. The van der Waals surface area contributed by atoms with Gasteiger partial charge in [0, 0.05) is 17.0 Å². The van der Waals surface area contributed by atoms with Gasteiger partial charge in [0.25, 0.3) is 0 Å². The van der Waals surface area contributed by atoms with Gasteiger partial charge in [-0.15, -0.1) is 0 Å². The van der Waals surface area contributed by atoms with Crippen molar-refractivity contribution < 1.29 is 9.47 Å². The van der Waals surface area contributed by atoms with Gasteiger partial charge in [-0.1, -0.05) is 19.1 Å². The molecule has 2 heterocycles. The van der Waals surface area contributed by atoms with Crippen LogP contribution >= 0.6 is 0 Å². The van der Waals surface area contributed by atoms with E-state index in [0.29, 0.717) is 6.04 Å². The Labute approximate surface area is 125 Å².